The van der Waals surface area contributed by atoms with Gasteiger partial charge < -0.3 is 10.2 Å². The lowest BCUT2D eigenvalue weighted by atomic mass is 10.5. The molecule has 3 aromatic rings. The quantitative estimate of drug-likeness (QED) is 0.634. The first-order chi connectivity index (χ1) is 7.36. The molecular formula is C9H7N5O. The van der Waals surface area contributed by atoms with E-state index in [0.29, 0.717) is 22.9 Å². The molecule has 0 aliphatic carbocycles. The summed E-state index contributed by atoms with van der Waals surface area (Å²) >= 11 is 0. The highest BCUT2D eigenvalue weighted by molar-refractivity contribution is 5.82. The van der Waals surface area contributed by atoms with Crippen molar-refractivity contribution in [2.45, 2.75) is 0 Å². The summed E-state index contributed by atoms with van der Waals surface area (Å²) in [5.74, 6) is 1.01. The van der Waals surface area contributed by atoms with E-state index in [1.165, 1.54) is 6.33 Å². The van der Waals surface area contributed by atoms with Crippen LogP contribution in [0.2, 0.25) is 0 Å². The molecule has 0 aliphatic rings. The number of anilines is 1. The van der Waals surface area contributed by atoms with Gasteiger partial charge in [0.25, 0.3) is 0 Å². The standard InChI is InChI=1S/C9H7N5O/c10-8-7-9(12-4-11-8)14(5-13-7)6-2-1-3-15-6/h1-5H,(H2,10,11,12). The van der Waals surface area contributed by atoms with Gasteiger partial charge in [0, 0.05) is 6.07 Å². The van der Waals surface area contributed by atoms with Crippen molar-refractivity contribution in [2.24, 2.45) is 0 Å². The van der Waals surface area contributed by atoms with Gasteiger partial charge in [0.2, 0.25) is 5.88 Å². The zero-order chi connectivity index (χ0) is 10.3. The van der Waals surface area contributed by atoms with Crippen molar-refractivity contribution in [3.05, 3.63) is 31.1 Å². The molecule has 6 nitrogen and oxygen atoms in total. The highest BCUT2D eigenvalue weighted by atomic mass is 16.3. The molecule has 0 unspecified atom stereocenters. The van der Waals surface area contributed by atoms with Gasteiger partial charge in [0.1, 0.15) is 12.7 Å². The van der Waals surface area contributed by atoms with Gasteiger partial charge in [-0.25, -0.2) is 15.0 Å². The largest absolute Gasteiger partial charge is 0.448 e. The second-order valence-electron chi connectivity index (χ2n) is 3.00. The SMILES string of the molecule is Nc1ncnc2c1ncn2-c1ccco1. The summed E-state index contributed by atoms with van der Waals surface area (Å²) < 4.78 is 6.96. The summed E-state index contributed by atoms with van der Waals surface area (Å²) in [5.41, 5.74) is 6.88. The van der Waals surface area contributed by atoms with Gasteiger partial charge in [-0.2, -0.15) is 0 Å². The predicted molar refractivity (Wildman–Crippen MR) is 53.3 cm³/mol. The number of rotatable bonds is 1. The molecule has 74 valence electrons. The number of hydrogen-bond acceptors (Lipinski definition) is 5. The molecule has 3 rings (SSSR count). The van der Waals surface area contributed by atoms with Gasteiger partial charge in [-0.05, 0) is 6.07 Å². The number of nitrogen functional groups attached to an aromatic ring is 1. The summed E-state index contributed by atoms with van der Waals surface area (Å²) in [5, 5.41) is 0. The summed E-state index contributed by atoms with van der Waals surface area (Å²) in [4.78, 5) is 12.1. The van der Waals surface area contributed by atoms with Crippen LogP contribution in [0.25, 0.3) is 17.0 Å². The molecule has 15 heavy (non-hydrogen) atoms. The number of hydrogen-bond donors (Lipinski definition) is 1. The minimum absolute atomic E-state index is 0.366. The topological polar surface area (TPSA) is 82.8 Å². The fraction of sp³-hybridized carbons (Fsp3) is 0. The zero-order valence-corrected chi connectivity index (χ0v) is 7.66. The van der Waals surface area contributed by atoms with Crippen molar-refractivity contribution in [3.63, 3.8) is 0 Å². The van der Waals surface area contributed by atoms with Crippen LogP contribution in [-0.4, -0.2) is 19.5 Å². The molecule has 3 aromatic heterocycles. The maximum atomic E-state index is 5.67. The van der Waals surface area contributed by atoms with Gasteiger partial charge in [0.05, 0.1) is 6.26 Å². The van der Waals surface area contributed by atoms with E-state index in [4.69, 9.17) is 10.2 Å². The Hall–Kier alpha value is -2.37. The van der Waals surface area contributed by atoms with Crippen molar-refractivity contribution >= 4 is 17.0 Å². The molecule has 0 bridgehead atoms. The molecule has 0 amide bonds. The van der Waals surface area contributed by atoms with Crippen LogP contribution in [-0.2, 0) is 0 Å². The molecule has 2 N–H and O–H groups in total. The first-order valence-corrected chi connectivity index (χ1v) is 4.33. The molecule has 0 saturated carbocycles. The van der Waals surface area contributed by atoms with Crippen LogP contribution in [0, 0.1) is 0 Å². The molecular weight excluding hydrogens is 194 g/mol. The van der Waals surface area contributed by atoms with E-state index in [1.807, 2.05) is 6.07 Å². The lowest BCUT2D eigenvalue weighted by Crippen LogP contribution is -1.95. The van der Waals surface area contributed by atoms with Crippen molar-refractivity contribution in [2.75, 3.05) is 5.73 Å². The molecule has 0 saturated heterocycles. The average molecular weight is 201 g/mol. The molecule has 6 heteroatoms. The van der Waals surface area contributed by atoms with Crippen LogP contribution in [0.1, 0.15) is 0 Å². The number of nitrogens with zero attached hydrogens (tertiary/aromatic N) is 4. The third kappa shape index (κ3) is 1.08. The van der Waals surface area contributed by atoms with Gasteiger partial charge in [-0.1, -0.05) is 0 Å². The van der Waals surface area contributed by atoms with Crippen LogP contribution in [0.15, 0.2) is 35.5 Å². The van der Waals surface area contributed by atoms with E-state index < -0.39 is 0 Å². The smallest absolute Gasteiger partial charge is 0.206 e. The summed E-state index contributed by atoms with van der Waals surface area (Å²) in [6.07, 6.45) is 4.60. The van der Waals surface area contributed by atoms with Crippen molar-refractivity contribution in [3.8, 4) is 5.88 Å². The maximum absolute atomic E-state index is 5.67. The molecule has 3 heterocycles. The van der Waals surface area contributed by atoms with E-state index in [2.05, 4.69) is 15.0 Å². The lowest BCUT2D eigenvalue weighted by molar-refractivity contribution is 0.541. The van der Waals surface area contributed by atoms with Gasteiger partial charge in [-0.3, -0.25) is 4.57 Å². The molecule has 0 atom stereocenters. The summed E-state index contributed by atoms with van der Waals surface area (Å²) in [6.45, 7) is 0. The van der Waals surface area contributed by atoms with Gasteiger partial charge in [0.15, 0.2) is 17.0 Å². The van der Waals surface area contributed by atoms with E-state index in [9.17, 15) is 0 Å². The second-order valence-corrected chi connectivity index (χ2v) is 3.00. The Morgan fingerprint density at radius 2 is 2.20 bits per heavy atom. The summed E-state index contributed by atoms with van der Waals surface area (Å²) in [7, 11) is 0. The third-order valence-corrected chi connectivity index (χ3v) is 2.11. The minimum Gasteiger partial charge on any atom is -0.448 e. The number of nitrogens with two attached hydrogens (primary N) is 1. The van der Waals surface area contributed by atoms with Crippen LogP contribution >= 0.6 is 0 Å². The lowest BCUT2D eigenvalue weighted by Gasteiger charge is -1.97. The highest BCUT2D eigenvalue weighted by Crippen LogP contribution is 2.18. The Labute approximate surface area is 84.4 Å². The molecule has 0 spiro atoms. The van der Waals surface area contributed by atoms with Crippen LogP contribution < -0.4 is 5.73 Å². The normalized spacial score (nSPS) is 10.9. The first-order valence-electron chi connectivity index (χ1n) is 4.33. The molecule has 0 aromatic carbocycles. The van der Waals surface area contributed by atoms with E-state index in [1.54, 1.807) is 23.2 Å². The molecule has 0 radical (unpaired) electrons. The molecule has 0 aliphatic heterocycles. The predicted octanol–water partition coefficient (Wildman–Crippen LogP) is 0.991. The highest BCUT2D eigenvalue weighted by Gasteiger charge is 2.09. The first kappa shape index (κ1) is 7.98. The monoisotopic (exact) mass is 201 g/mol. The zero-order valence-electron chi connectivity index (χ0n) is 7.66. The summed E-state index contributed by atoms with van der Waals surface area (Å²) in [6, 6.07) is 3.62. The van der Waals surface area contributed by atoms with Crippen molar-refractivity contribution < 1.29 is 4.42 Å². The average Bonchev–Trinajstić information content (AvgIpc) is 2.85. The van der Waals surface area contributed by atoms with Gasteiger partial charge in [-0.15, -0.1) is 0 Å². The Morgan fingerprint density at radius 1 is 1.27 bits per heavy atom. The van der Waals surface area contributed by atoms with Crippen LogP contribution in [0.3, 0.4) is 0 Å². The van der Waals surface area contributed by atoms with Gasteiger partial charge >= 0.3 is 0 Å². The number of furan rings is 1. The second kappa shape index (κ2) is 2.81. The van der Waals surface area contributed by atoms with E-state index in [0.717, 1.165) is 0 Å². The van der Waals surface area contributed by atoms with Crippen molar-refractivity contribution in [1.82, 2.24) is 19.5 Å². The van der Waals surface area contributed by atoms with Crippen molar-refractivity contribution in [1.29, 1.82) is 0 Å². The number of imidazole rings is 1. The Morgan fingerprint density at radius 3 is 3.00 bits per heavy atom. The van der Waals surface area contributed by atoms with Crippen LogP contribution in [0.4, 0.5) is 5.82 Å². The number of fused-ring (bicyclic) bond motifs is 1. The third-order valence-electron chi connectivity index (χ3n) is 2.11. The Balaban J connectivity index is 2.34. The van der Waals surface area contributed by atoms with E-state index in [-0.39, 0.29) is 0 Å². The minimum atomic E-state index is 0.366. The van der Waals surface area contributed by atoms with Crippen LogP contribution in [0.5, 0.6) is 0 Å². The number of aromatic nitrogens is 4. The Kier molecular flexibility index (Phi) is 1.49. The maximum Gasteiger partial charge on any atom is 0.206 e. The fourth-order valence-electron chi connectivity index (χ4n) is 1.42. The fourth-order valence-corrected chi connectivity index (χ4v) is 1.42. The van der Waals surface area contributed by atoms with E-state index >= 15 is 0 Å². The molecule has 0 fully saturated rings. The Bertz CT molecular complexity index is 598.